The third kappa shape index (κ3) is 10.9. The van der Waals surface area contributed by atoms with E-state index in [-0.39, 0.29) is 0 Å². The molecule has 0 atom stereocenters. The number of nitrogens with zero attached hydrogens (tertiary/aromatic N) is 1. The maximum atomic E-state index is 2.59. The molecule has 0 spiro atoms. The van der Waals surface area contributed by atoms with Crippen molar-refractivity contribution in [3.8, 4) is 0 Å². The van der Waals surface area contributed by atoms with Gasteiger partial charge in [-0.05, 0) is 0 Å². The van der Waals surface area contributed by atoms with Crippen molar-refractivity contribution in [3.63, 3.8) is 0 Å². The first-order valence-corrected chi connectivity index (χ1v) is 30.1. The molecule has 0 aromatic carbocycles. The van der Waals surface area contributed by atoms with Gasteiger partial charge >= 0.3 is 77.0 Å². The van der Waals surface area contributed by atoms with Crippen molar-refractivity contribution >= 4 is 63.7 Å². The van der Waals surface area contributed by atoms with Crippen LogP contribution >= 0.6 is 63.7 Å². The average Bonchev–Trinajstić information content (AvgIpc) is 2.08. The topological polar surface area (TPSA) is 3.88 Å². The second-order valence-electron chi connectivity index (χ2n) is 1.72. The molecular weight excluding hydrogens is 721 g/mol. The molecule has 0 unspecified atom stereocenters. The van der Waals surface area contributed by atoms with Crippen LogP contribution in [0.15, 0.2) is 30.6 Å². The summed E-state index contributed by atoms with van der Waals surface area (Å²) in [4.78, 5) is 0. The van der Waals surface area contributed by atoms with Gasteiger partial charge in [0.25, 0.3) is 0 Å². The van der Waals surface area contributed by atoms with Gasteiger partial charge in [-0.3, -0.25) is 0 Å². The van der Waals surface area contributed by atoms with Crippen LogP contribution in [0.4, 0.5) is 0 Å². The molecule has 12 heavy (non-hydrogen) atoms. The fraction of sp³-hybridized carbons (Fsp3) is 0.167. The number of aryl methyl sites for hydroxylation is 1. The predicted octanol–water partition coefficient (Wildman–Crippen LogP) is 0.522. The van der Waals surface area contributed by atoms with Gasteiger partial charge < -0.3 is 0 Å². The zero-order valence-electron chi connectivity index (χ0n) is 6.28. The van der Waals surface area contributed by atoms with Crippen LogP contribution in [-0.4, -0.2) is 0 Å². The molecule has 0 amide bonds. The normalized spacial score (nSPS) is 9.58. The number of pyridine rings is 1. The molecule has 0 aliphatic carbocycles. The SMILES string of the molecule is C[n+]1ccccc1.I[IH][I-][IH]I. The van der Waals surface area contributed by atoms with Crippen molar-refractivity contribution in [1.29, 1.82) is 0 Å². The van der Waals surface area contributed by atoms with E-state index in [4.69, 9.17) is 0 Å². The van der Waals surface area contributed by atoms with E-state index >= 15 is 0 Å². The Bertz CT molecular complexity index is 179. The Balaban J connectivity index is 0.000000217. The van der Waals surface area contributed by atoms with Gasteiger partial charge in [0, 0.05) is 12.1 Å². The molecule has 1 rings (SSSR count). The van der Waals surface area contributed by atoms with E-state index in [1.54, 1.807) is 0 Å². The Morgan fingerprint density at radius 2 is 1.58 bits per heavy atom. The zero-order chi connectivity index (χ0) is 9.23. The van der Waals surface area contributed by atoms with Crippen LogP contribution in [0.2, 0.25) is 0 Å². The second kappa shape index (κ2) is 11.9. The summed E-state index contributed by atoms with van der Waals surface area (Å²) >= 11 is 7.26. The molecular formula is C6H10I5N. The first-order valence-electron chi connectivity index (χ1n) is 2.91. The number of rotatable bonds is 2. The average molecular weight is 731 g/mol. The van der Waals surface area contributed by atoms with Crippen molar-refractivity contribution in [3.05, 3.63) is 30.6 Å². The second-order valence-corrected chi connectivity index (χ2v) is 55.8. The van der Waals surface area contributed by atoms with Gasteiger partial charge in [-0.15, -0.1) is 0 Å². The molecule has 0 saturated heterocycles. The Morgan fingerprint density at radius 1 is 1.08 bits per heavy atom. The fourth-order valence-corrected chi connectivity index (χ4v) is 123. The molecule has 74 valence electrons. The van der Waals surface area contributed by atoms with Gasteiger partial charge in [0.2, 0.25) is 0 Å². The van der Waals surface area contributed by atoms with Gasteiger partial charge in [-0.25, -0.2) is 4.57 Å². The zero-order valence-corrected chi connectivity index (χ0v) is 17.4. The van der Waals surface area contributed by atoms with E-state index in [0.717, 1.165) is 13.3 Å². The van der Waals surface area contributed by atoms with Gasteiger partial charge in [0.15, 0.2) is 12.4 Å². The Kier molecular flexibility index (Phi) is 14.6. The summed E-state index contributed by atoms with van der Waals surface area (Å²) in [5.41, 5.74) is 0. The molecule has 0 aliphatic rings. The third-order valence-corrected chi connectivity index (χ3v) is 97.3. The van der Waals surface area contributed by atoms with E-state index in [1.807, 2.05) is 42.2 Å². The summed E-state index contributed by atoms with van der Waals surface area (Å²) in [6.07, 6.45) is 4.00. The van der Waals surface area contributed by atoms with Crippen LogP contribution in [0.1, 0.15) is 0 Å². The molecule has 0 radical (unpaired) electrons. The van der Waals surface area contributed by atoms with E-state index in [9.17, 15) is 0 Å². The Morgan fingerprint density at radius 3 is 1.75 bits per heavy atom. The number of hydrogen-bond donors (Lipinski definition) is 0. The summed E-state index contributed by atoms with van der Waals surface area (Å²) in [6, 6.07) is 6.00. The van der Waals surface area contributed by atoms with Crippen molar-refractivity contribution in [2.75, 3.05) is 0 Å². The molecule has 0 aliphatic heterocycles. The van der Waals surface area contributed by atoms with Crippen molar-refractivity contribution in [2.24, 2.45) is 7.05 Å². The van der Waals surface area contributed by atoms with Crippen LogP contribution in [-0.2, 0) is 7.05 Å². The molecule has 6 heteroatoms. The minimum atomic E-state index is 0.604. The molecule has 0 bridgehead atoms. The molecule has 1 aromatic rings. The van der Waals surface area contributed by atoms with Gasteiger partial charge in [-0.2, -0.15) is 0 Å². The van der Waals surface area contributed by atoms with E-state index in [0.29, 0.717) is 26.5 Å². The van der Waals surface area contributed by atoms with Gasteiger partial charge in [-0.1, -0.05) is 6.07 Å². The summed E-state index contributed by atoms with van der Waals surface area (Å²) in [5.74, 6) is 0. The monoisotopic (exact) mass is 731 g/mol. The summed E-state index contributed by atoms with van der Waals surface area (Å²) in [5, 5.41) is 0. The maximum absolute atomic E-state index is 2.59. The van der Waals surface area contributed by atoms with Gasteiger partial charge in [0.05, 0.1) is 0 Å². The van der Waals surface area contributed by atoms with Crippen molar-refractivity contribution in [1.82, 2.24) is 0 Å². The first kappa shape index (κ1) is 14.8. The molecule has 0 fully saturated rings. The van der Waals surface area contributed by atoms with E-state index in [2.05, 4.69) is 37.2 Å². The Labute approximate surface area is 116 Å². The summed E-state index contributed by atoms with van der Waals surface area (Å²) < 4.78 is 2.00. The van der Waals surface area contributed by atoms with Crippen LogP contribution in [0, 0.1) is 0 Å². The molecule has 1 aromatic heterocycles. The first-order chi connectivity index (χ1) is 5.81. The number of halogens is 5. The molecule has 1 nitrogen and oxygen atoms in total. The Hall–Kier alpha value is 2.80. The van der Waals surface area contributed by atoms with Crippen molar-refractivity contribution < 1.29 is 17.8 Å². The van der Waals surface area contributed by atoms with Crippen LogP contribution in [0.3, 0.4) is 0 Å². The van der Waals surface area contributed by atoms with Crippen LogP contribution < -0.4 is 17.8 Å². The number of aromatic nitrogens is 1. The standard InChI is InChI=1S/C6H8N.H2I5/c1-7-5-3-2-4-6-7;1-3-5-4-2/h2-6H,1H3;3-4H/q+1;-1. The van der Waals surface area contributed by atoms with Crippen LogP contribution in [0.25, 0.3) is 0 Å². The molecule has 0 N–H and O–H groups in total. The quantitative estimate of drug-likeness (QED) is 0.309. The van der Waals surface area contributed by atoms with Crippen LogP contribution in [0.5, 0.6) is 0 Å². The number of hydrogen-bond acceptors (Lipinski definition) is 0. The van der Waals surface area contributed by atoms with E-state index < -0.39 is 0 Å². The van der Waals surface area contributed by atoms with Gasteiger partial charge in [0.1, 0.15) is 7.05 Å². The van der Waals surface area contributed by atoms with E-state index in [1.165, 1.54) is 0 Å². The fourth-order valence-electron chi connectivity index (χ4n) is 0.494. The third-order valence-electron chi connectivity index (χ3n) is 0.912. The predicted molar refractivity (Wildman–Crippen MR) is 86.5 cm³/mol. The van der Waals surface area contributed by atoms with Crippen molar-refractivity contribution in [2.45, 2.75) is 0 Å². The minimum absolute atomic E-state index is 0.604. The molecule has 0 saturated carbocycles. The summed E-state index contributed by atoms with van der Waals surface area (Å²) in [6.45, 7) is 0. The summed E-state index contributed by atoms with van der Waals surface area (Å²) in [7, 11) is 2.00. The molecule has 1 heterocycles.